The predicted molar refractivity (Wildman–Crippen MR) is 130 cm³/mol. The highest BCUT2D eigenvalue weighted by Gasteiger charge is 2.23. The summed E-state index contributed by atoms with van der Waals surface area (Å²) in [6.07, 6.45) is 0.425. The van der Waals surface area contributed by atoms with Crippen LogP contribution in [0.1, 0.15) is 5.56 Å². The number of benzene rings is 3. The fourth-order valence-corrected chi connectivity index (χ4v) is 4.40. The van der Waals surface area contributed by atoms with Crippen LogP contribution in [0, 0.1) is 0 Å². The first kappa shape index (κ1) is 20.9. The van der Waals surface area contributed by atoms with Crippen molar-refractivity contribution in [3.8, 4) is 17.0 Å². The Balaban J connectivity index is 1.22. The van der Waals surface area contributed by atoms with Crippen molar-refractivity contribution in [3.05, 3.63) is 84.4 Å². The van der Waals surface area contributed by atoms with Gasteiger partial charge in [0.1, 0.15) is 5.75 Å². The van der Waals surface area contributed by atoms with Crippen LogP contribution in [0.15, 0.2) is 78.9 Å². The van der Waals surface area contributed by atoms with Gasteiger partial charge in [0.05, 0.1) is 19.2 Å². The molecule has 0 unspecified atom stereocenters. The molecule has 0 atom stereocenters. The average molecular weight is 439 g/mol. The molecule has 1 aliphatic heterocycles. The molecule has 0 saturated carbocycles. The van der Waals surface area contributed by atoms with Gasteiger partial charge in [-0.05, 0) is 40.6 Å². The smallest absolute Gasteiger partial charge is 0.227 e. The normalized spacial score (nSPS) is 13.8. The number of hydrogen-bond donors (Lipinski definition) is 0. The summed E-state index contributed by atoms with van der Waals surface area (Å²) in [5.74, 6) is 1.77. The maximum absolute atomic E-state index is 13.0. The average Bonchev–Trinajstić information content (AvgIpc) is 2.89. The molecule has 4 aromatic rings. The second kappa shape index (κ2) is 9.28. The molecule has 1 fully saturated rings. The minimum atomic E-state index is 0.170. The van der Waals surface area contributed by atoms with Crippen molar-refractivity contribution >= 4 is 22.5 Å². The third kappa shape index (κ3) is 4.37. The number of carbonyl (C=O) groups is 1. The lowest BCUT2D eigenvalue weighted by Crippen LogP contribution is -2.49. The van der Waals surface area contributed by atoms with Crippen LogP contribution in [0.2, 0.25) is 0 Å². The van der Waals surface area contributed by atoms with Crippen molar-refractivity contribution in [1.29, 1.82) is 0 Å². The van der Waals surface area contributed by atoms with Gasteiger partial charge in [0.2, 0.25) is 5.91 Å². The summed E-state index contributed by atoms with van der Waals surface area (Å²) in [4.78, 5) is 17.1. The van der Waals surface area contributed by atoms with Crippen LogP contribution in [0.4, 0.5) is 5.82 Å². The molecule has 0 spiro atoms. The van der Waals surface area contributed by atoms with Gasteiger partial charge in [0, 0.05) is 31.7 Å². The number of rotatable bonds is 5. The number of anilines is 1. The molecule has 3 aromatic carbocycles. The first-order chi connectivity index (χ1) is 16.2. The number of aromatic nitrogens is 2. The van der Waals surface area contributed by atoms with Gasteiger partial charge in [-0.2, -0.15) is 0 Å². The number of fused-ring (bicyclic) bond motifs is 1. The van der Waals surface area contributed by atoms with E-state index in [4.69, 9.17) is 4.74 Å². The van der Waals surface area contributed by atoms with E-state index in [2.05, 4.69) is 39.4 Å². The molecule has 1 saturated heterocycles. The number of ether oxygens (including phenoxy) is 1. The first-order valence-electron chi connectivity index (χ1n) is 11.2. The Morgan fingerprint density at radius 3 is 2.39 bits per heavy atom. The summed E-state index contributed by atoms with van der Waals surface area (Å²) in [5, 5.41) is 11.2. The van der Waals surface area contributed by atoms with Gasteiger partial charge in [-0.1, -0.05) is 54.6 Å². The Labute approximate surface area is 193 Å². The molecule has 1 aliphatic rings. The second-order valence-electron chi connectivity index (χ2n) is 8.16. The zero-order chi connectivity index (χ0) is 22.6. The zero-order valence-corrected chi connectivity index (χ0v) is 18.6. The molecule has 166 valence electrons. The number of piperazine rings is 1. The topological polar surface area (TPSA) is 58.6 Å². The summed E-state index contributed by atoms with van der Waals surface area (Å²) >= 11 is 0. The van der Waals surface area contributed by atoms with Crippen molar-refractivity contribution in [2.24, 2.45) is 0 Å². The van der Waals surface area contributed by atoms with Gasteiger partial charge in [-0.25, -0.2) is 0 Å². The number of hydrogen-bond acceptors (Lipinski definition) is 5. The summed E-state index contributed by atoms with van der Waals surface area (Å²) < 4.78 is 5.43. The van der Waals surface area contributed by atoms with Crippen LogP contribution in [0.3, 0.4) is 0 Å². The van der Waals surface area contributed by atoms with Crippen molar-refractivity contribution in [2.75, 3.05) is 38.2 Å². The Bertz CT molecular complexity index is 1260. The fourth-order valence-electron chi connectivity index (χ4n) is 4.40. The van der Waals surface area contributed by atoms with E-state index in [0.29, 0.717) is 19.5 Å². The molecule has 6 heteroatoms. The van der Waals surface area contributed by atoms with E-state index in [1.807, 2.05) is 59.5 Å². The number of methoxy groups -OCH3 is 1. The van der Waals surface area contributed by atoms with Gasteiger partial charge in [-0.15, -0.1) is 10.2 Å². The molecule has 5 rings (SSSR count). The van der Waals surface area contributed by atoms with Crippen molar-refractivity contribution < 1.29 is 9.53 Å². The maximum atomic E-state index is 13.0. The van der Waals surface area contributed by atoms with Crippen LogP contribution >= 0.6 is 0 Å². The van der Waals surface area contributed by atoms with E-state index in [1.165, 1.54) is 5.39 Å². The van der Waals surface area contributed by atoms with Crippen LogP contribution in [-0.4, -0.2) is 54.3 Å². The Morgan fingerprint density at radius 1 is 0.848 bits per heavy atom. The standard InChI is InChI=1S/C27H26N4O2/c1-33-25-12-5-4-11-23(25)24-13-14-26(29-28-24)30-15-17-31(18-16-30)27(32)19-21-9-6-8-20-7-2-3-10-22(20)21/h2-14H,15-19H2,1H3. The molecule has 1 amide bonds. The Hall–Kier alpha value is -3.93. The van der Waals surface area contributed by atoms with Gasteiger partial charge in [0.25, 0.3) is 0 Å². The Kier molecular flexibility index (Phi) is 5.89. The minimum Gasteiger partial charge on any atom is -0.496 e. The largest absolute Gasteiger partial charge is 0.496 e. The lowest BCUT2D eigenvalue weighted by Gasteiger charge is -2.35. The van der Waals surface area contributed by atoms with Crippen molar-refractivity contribution in [3.63, 3.8) is 0 Å². The summed E-state index contributed by atoms with van der Waals surface area (Å²) in [7, 11) is 1.65. The van der Waals surface area contributed by atoms with Crippen molar-refractivity contribution in [2.45, 2.75) is 6.42 Å². The van der Waals surface area contributed by atoms with E-state index in [1.54, 1.807) is 7.11 Å². The second-order valence-corrected chi connectivity index (χ2v) is 8.16. The predicted octanol–water partition coefficient (Wildman–Crippen LogP) is 4.20. The highest BCUT2D eigenvalue weighted by molar-refractivity contribution is 5.90. The van der Waals surface area contributed by atoms with Gasteiger partial charge in [0.15, 0.2) is 5.82 Å². The number of para-hydroxylation sites is 1. The molecule has 2 heterocycles. The highest BCUT2D eigenvalue weighted by atomic mass is 16.5. The minimum absolute atomic E-state index is 0.170. The van der Waals surface area contributed by atoms with Crippen LogP contribution in [0.25, 0.3) is 22.0 Å². The van der Waals surface area contributed by atoms with Gasteiger partial charge >= 0.3 is 0 Å². The molecule has 0 N–H and O–H groups in total. The van der Waals surface area contributed by atoms with Gasteiger partial charge < -0.3 is 14.5 Å². The maximum Gasteiger partial charge on any atom is 0.227 e. The third-order valence-electron chi connectivity index (χ3n) is 6.21. The lowest BCUT2D eigenvalue weighted by atomic mass is 10.0. The molecular formula is C27H26N4O2. The van der Waals surface area contributed by atoms with Crippen molar-refractivity contribution in [1.82, 2.24) is 15.1 Å². The summed E-state index contributed by atoms with van der Waals surface area (Å²) in [6.45, 7) is 2.84. The lowest BCUT2D eigenvalue weighted by molar-refractivity contribution is -0.130. The number of amides is 1. The molecule has 6 nitrogen and oxygen atoms in total. The fraction of sp³-hybridized carbons (Fsp3) is 0.222. The number of carbonyl (C=O) groups excluding carboxylic acids is 1. The Morgan fingerprint density at radius 2 is 1.61 bits per heavy atom. The molecule has 33 heavy (non-hydrogen) atoms. The van der Waals surface area contributed by atoms with E-state index < -0.39 is 0 Å². The van der Waals surface area contributed by atoms with E-state index >= 15 is 0 Å². The van der Waals surface area contributed by atoms with Crippen LogP contribution in [0.5, 0.6) is 5.75 Å². The van der Waals surface area contributed by atoms with E-state index in [9.17, 15) is 4.79 Å². The third-order valence-corrected chi connectivity index (χ3v) is 6.21. The van der Waals surface area contributed by atoms with E-state index in [0.717, 1.165) is 46.9 Å². The SMILES string of the molecule is COc1ccccc1-c1ccc(N2CCN(C(=O)Cc3cccc4ccccc34)CC2)nn1. The molecule has 0 radical (unpaired) electrons. The summed E-state index contributed by atoms with van der Waals surface area (Å²) in [5.41, 5.74) is 2.78. The van der Waals surface area contributed by atoms with Crippen LogP contribution in [-0.2, 0) is 11.2 Å². The molecule has 1 aromatic heterocycles. The molecule has 0 bridgehead atoms. The quantitative estimate of drug-likeness (QED) is 0.468. The zero-order valence-electron chi connectivity index (χ0n) is 18.6. The monoisotopic (exact) mass is 438 g/mol. The van der Waals surface area contributed by atoms with Gasteiger partial charge in [-0.3, -0.25) is 4.79 Å². The van der Waals surface area contributed by atoms with E-state index in [-0.39, 0.29) is 5.91 Å². The summed E-state index contributed by atoms with van der Waals surface area (Å²) in [6, 6.07) is 26.1. The molecule has 0 aliphatic carbocycles. The number of nitrogens with zero attached hydrogens (tertiary/aromatic N) is 4. The molecular weight excluding hydrogens is 412 g/mol. The first-order valence-corrected chi connectivity index (χ1v) is 11.2. The van der Waals surface area contributed by atoms with Crippen LogP contribution < -0.4 is 9.64 Å². The highest BCUT2D eigenvalue weighted by Crippen LogP contribution is 2.28.